The van der Waals surface area contributed by atoms with E-state index in [2.05, 4.69) is 57.8 Å². The van der Waals surface area contributed by atoms with Gasteiger partial charge in [0.15, 0.2) is 0 Å². The lowest BCUT2D eigenvalue weighted by atomic mass is 9.51. The first-order chi connectivity index (χ1) is 11.1. The molecule has 0 amide bonds. The normalized spacial score (nSPS) is 18.4. The van der Waals surface area contributed by atoms with Crippen molar-refractivity contribution in [3.05, 3.63) is 42.2 Å². The number of hydrogen-bond donors (Lipinski definition) is 1. The van der Waals surface area contributed by atoms with Crippen molar-refractivity contribution in [2.75, 3.05) is 0 Å². The lowest BCUT2D eigenvalue weighted by molar-refractivity contribution is 0.0179. The van der Waals surface area contributed by atoms with Crippen molar-refractivity contribution in [1.82, 2.24) is 15.0 Å². The third-order valence-electron chi connectivity index (χ3n) is 5.44. The number of aromatic nitrogens is 3. The van der Waals surface area contributed by atoms with Gasteiger partial charge in [-0.1, -0.05) is 53.7 Å². The predicted octanol–water partition coefficient (Wildman–Crippen LogP) is 5.20. The first-order valence-electron chi connectivity index (χ1n) is 8.50. The van der Waals surface area contributed by atoms with Crippen molar-refractivity contribution >= 4 is 16.7 Å². The van der Waals surface area contributed by atoms with Crippen molar-refractivity contribution < 1.29 is 5.11 Å². The van der Waals surface area contributed by atoms with Crippen LogP contribution in [-0.4, -0.2) is 20.1 Å². The maximum absolute atomic E-state index is 10.5. The maximum atomic E-state index is 10.5. The van der Waals surface area contributed by atoms with Crippen LogP contribution in [-0.2, 0) is 0 Å². The molecule has 0 spiro atoms. The van der Waals surface area contributed by atoms with E-state index in [0.29, 0.717) is 5.70 Å². The van der Waals surface area contributed by atoms with Crippen LogP contribution in [0.5, 0.6) is 0 Å². The molecule has 24 heavy (non-hydrogen) atoms. The predicted molar refractivity (Wildman–Crippen MR) is 98.5 cm³/mol. The van der Waals surface area contributed by atoms with Crippen molar-refractivity contribution in [2.24, 2.45) is 16.2 Å². The summed E-state index contributed by atoms with van der Waals surface area (Å²) >= 11 is 0. The van der Waals surface area contributed by atoms with Crippen LogP contribution in [0.2, 0.25) is 0 Å². The van der Waals surface area contributed by atoms with Crippen LogP contribution < -0.4 is 0 Å². The molecule has 0 saturated heterocycles. The number of allylic oxidation sites excluding steroid dienone is 3. The summed E-state index contributed by atoms with van der Waals surface area (Å²) in [6.07, 6.45) is 4.90. The molecule has 0 unspecified atom stereocenters. The first-order valence-corrected chi connectivity index (χ1v) is 8.50. The summed E-state index contributed by atoms with van der Waals surface area (Å²) in [5.74, 6) is 0.249. The van der Waals surface area contributed by atoms with Gasteiger partial charge < -0.3 is 5.11 Å². The van der Waals surface area contributed by atoms with Gasteiger partial charge in [-0.2, -0.15) is 0 Å². The Kier molecular flexibility index (Phi) is 3.63. The Bertz CT molecular complexity index is 781. The highest BCUT2D eigenvalue weighted by Gasteiger charge is 2.50. The molecular weight excluding hydrogens is 298 g/mol. The van der Waals surface area contributed by atoms with Gasteiger partial charge in [0.2, 0.25) is 0 Å². The van der Waals surface area contributed by atoms with Gasteiger partial charge in [-0.25, -0.2) is 0 Å². The summed E-state index contributed by atoms with van der Waals surface area (Å²) in [4.78, 5) is 1.57. The summed E-state index contributed by atoms with van der Waals surface area (Å²) in [5.41, 5.74) is 2.27. The minimum absolute atomic E-state index is 0.0281. The molecular formula is C20H27N3O. The fourth-order valence-electron chi connectivity index (χ4n) is 4.03. The third-order valence-corrected chi connectivity index (χ3v) is 5.44. The fourth-order valence-corrected chi connectivity index (χ4v) is 4.03. The molecule has 1 aliphatic rings. The SMILES string of the molecule is CC(C)(C)C1(C(C)(C)C)C=C(n2nc3ccccc3n2)C(O)=CC1. The Morgan fingerprint density at radius 1 is 0.958 bits per heavy atom. The van der Waals surface area contributed by atoms with Crippen molar-refractivity contribution in [3.8, 4) is 0 Å². The molecule has 4 nitrogen and oxygen atoms in total. The Morgan fingerprint density at radius 3 is 1.92 bits per heavy atom. The van der Waals surface area contributed by atoms with Gasteiger partial charge >= 0.3 is 0 Å². The van der Waals surface area contributed by atoms with Crippen LogP contribution >= 0.6 is 0 Å². The molecule has 0 aliphatic heterocycles. The molecule has 128 valence electrons. The van der Waals surface area contributed by atoms with Gasteiger partial charge in [-0.05, 0) is 41.5 Å². The monoisotopic (exact) mass is 325 g/mol. The van der Waals surface area contributed by atoms with Crippen molar-refractivity contribution in [1.29, 1.82) is 0 Å². The Balaban J connectivity index is 2.20. The van der Waals surface area contributed by atoms with Gasteiger partial charge in [0.25, 0.3) is 0 Å². The number of aliphatic hydroxyl groups is 1. The highest BCUT2D eigenvalue weighted by molar-refractivity contribution is 5.75. The van der Waals surface area contributed by atoms with Gasteiger partial charge in [0.1, 0.15) is 22.5 Å². The lowest BCUT2D eigenvalue weighted by Crippen LogP contribution is -2.46. The standard InChI is InChI=1S/C20H27N3O/c1-18(2,3)20(19(4,5)6)12-11-17(24)16(13-20)23-21-14-9-7-8-10-15(14)22-23/h7-11,13,24H,12H2,1-6H3. The highest BCUT2D eigenvalue weighted by atomic mass is 16.3. The molecule has 0 atom stereocenters. The summed E-state index contributed by atoms with van der Waals surface area (Å²) < 4.78 is 0. The van der Waals surface area contributed by atoms with Crippen LogP contribution in [0, 0.1) is 16.2 Å². The van der Waals surface area contributed by atoms with Crippen molar-refractivity contribution in [3.63, 3.8) is 0 Å². The number of nitrogens with zero attached hydrogens (tertiary/aromatic N) is 3. The molecule has 1 aromatic heterocycles. The summed E-state index contributed by atoms with van der Waals surface area (Å²) in [7, 11) is 0. The van der Waals surface area contributed by atoms with E-state index in [-0.39, 0.29) is 22.0 Å². The van der Waals surface area contributed by atoms with E-state index in [0.717, 1.165) is 17.5 Å². The quantitative estimate of drug-likeness (QED) is 0.784. The van der Waals surface area contributed by atoms with Crippen LogP contribution in [0.3, 0.4) is 0 Å². The Morgan fingerprint density at radius 2 is 1.46 bits per heavy atom. The summed E-state index contributed by atoms with van der Waals surface area (Å²) in [5, 5.41) is 19.6. The molecule has 2 aromatic rings. The number of benzene rings is 1. The molecule has 1 aromatic carbocycles. The van der Waals surface area contributed by atoms with E-state index in [1.807, 2.05) is 30.3 Å². The number of rotatable bonds is 1. The van der Waals surface area contributed by atoms with Gasteiger partial charge in [0.05, 0.1) is 0 Å². The van der Waals surface area contributed by atoms with Gasteiger partial charge in [0, 0.05) is 5.41 Å². The molecule has 1 N–H and O–H groups in total. The van der Waals surface area contributed by atoms with Crippen LogP contribution in [0.4, 0.5) is 0 Å². The lowest BCUT2D eigenvalue weighted by Gasteiger charge is -2.53. The molecule has 0 fully saturated rings. The Hall–Kier alpha value is -2.10. The molecule has 1 aliphatic carbocycles. The van der Waals surface area contributed by atoms with E-state index < -0.39 is 0 Å². The third kappa shape index (κ3) is 2.45. The summed E-state index contributed by atoms with van der Waals surface area (Å²) in [6, 6.07) is 7.76. The molecule has 3 rings (SSSR count). The zero-order valence-electron chi connectivity index (χ0n) is 15.5. The average molecular weight is 325 g/mol. The smallest absolute Gasteiger partial charge is 0.138 e. The van der Waals surface area contributed by atoms with Crippen LogP contribution in [0.1, 0.15) is 48.0 Å². The van der Waals surface area contributed by atoms with Crippen LogP contribution in [0.25, 0.3) is 16.7 Å². The van der Waals surface area contributed by atoms with Crippen LogP contribution in [0.15, 0.2) is 42.2 Å². The Labute approximate surface area is 143 Å². The zero-order valence-corrected chi connectivity index (χ0v) is 15.5. The molecule has 0 bridgehead atoms. The van der Waals surface area contributed by atoms with E-state index in [4.69, 9.17) is 0 Å². The van der Waals surface area contributed by atoms with Crippen molar-refractivity contribution in [2.45, 2.75) is 48.0 Å². The van der Waals surface area contributed by atoms with E-state index in [1.54, 1.807) is 4.80 Å². The largest absolute Gasteiger partial charge is 0.506 e. The molecule has 0 saturated carbocycles. The van der Waals surface area contributed by atoms with E-state index >= 15 is 0 Å². The number of hydrogen-bond acceptors (Lipinski definition) is 3. The number of fused-ring (bicyclic) bond motifs is 1. The second-order valence-electron chi connectivity index (χ2n) is 8.77. The highest BCUT2D eigenvalue weighted by Crippen LogP contribution is 2.57. The maximum Gasteiger partial charge on any atom is 0.138 e. The second-order valence-corrected chi connectivity index (χ2v) is 8.77. The van der Waals surface area contributed by atoms with Gasteiger partial charge in [-0.3, -0.25) is 0 Å². The fraction of sp³-hybridized carbons (Fsp3) is 0.500. The summed E-state index contributed by atoms with van der Waals surface area (Å²) in [6.45, 7) is 13.6. The van der Waals surface area contributed by atoms with Gasteiger partial charge in [-0.15, -0.1) is 15.0 Å². The second kappa shape index (κ2) is 5.20. The first kappa shape index (κ1) is 16.7. The topological polar surface area (TPSA) is 50.9 Å². The van der Waals surface area contributed by atoms with E-state index in [9.17, 15) is 5.11 Å². The van der Waals surface area contributed by atoms with E-state index in [1.165, 1.54) is 0 Å². The number of aliphatic hydroxyl groups excluding tert-OH is 1. The minimum atomic E-state index is -0.110. The molecule has 4 heteroatoms. The molecule has 1 heterocycles. The zero-order chi connectivity index (χ0) is 17.8. The molecule has 0 radical (unpaired) electrons. The average Bonchev–Trinajstić information content (AvgIpc) is 2.88. The minimum Gasteiger partial charge on any atom is -0.506 e.